The second-order valence-electron chi connectivity index (χ2n) is 6.09. The second-order valence-corrected chi connectivity index (χ2v) is 6.09. The number of hydrogen-bond donors (Lipinski definition) is 1. The van der Waals surface area contributed by atoms with E-state index in [0.717, 1.165) is 18.1 Å². The number of aromatic nitrogens is 4. The first-order valence-electron chi connectivity index (χ1n) is 7.73. The van der Waals surface area contributed by atoms with E-state index in [0.29, 0.717) is 11.7 Å². The highest BCUT2D eigenvalue weighted by Crippen LogP contribution is 2.26. The number of carboxylic acid groups (broad SMARTS) is 1. The molecule has 1 aliphatic carbocycles. The van der Waals surface area contributed by atoms with E-state index in [2.05, 4.69) is 20.0 Å². The zero-order chi connectivity index (χ0) is 15.7. The Morgan fingerprint density at radius 1 is 1.36 bits per heavy atom. The Morgan fingerprint density at radius 2 is 2.09 bits per heavy atom. The Kier molecular flexibility index (Phi) is 3.96. The molecular weight excluding hydrogens is 282 g/mol. The van der Waals surface area contributed by atoms with Gasteiger partial charge in [-0.1, -0.05) is 19.3 Å². The monoisotopic (exact) mass is 303 g/mol. The lowest BCUT2D eigenvalue weighted by Gasteiger charge is -2.28. The van der Waals surface area contributed by atoms with Gasteiger partial charge in [0.2, 0.25) is 0 Å². The average Bonchev–Trinajstić information content (AvgIpc) is 2.91. The van der Waals surface area contributed by atoms with Crippen molar-refractivity contribution in [3.8, 4) is 0 Å². The zero-order valence-corrected chi connectivity index (χ0v) is 13.0. The summed E-state index contributed by atoms with van der Waals surface area (Å²) in [7, 11) is 2.02. The fourth-order valence-corrected chi connectivity index (χ4v) is 3.18. The molecule has 22 heavy (non-hydrogen) atoms. The number of nitrogens with zero attached hydrogens (tertiary/aromatic N) is 5. The Bertz CT molecular complexity index is 691. The van der Waals surface area contributed by atoms with E-state index in [-0.39, 0.29) is 5.82 Å². The van der Waals surface area contributed by atoms with Crippen LogP contribution in [0.3, 0.4) is 0 Å². The molecule has 1 aliphatic rings. The van der Waals surface area contributed by atoms with Crippen LogP contribution in [-0.2, 0) is 0 Å². The van der Waals surface area contributed by atoms with Crippen molar-refractivity contribution in [2.75, 3.05) is 18.5 Å². The summed E-state index contributed by atoms with van der Waals surface area (Å²) in [5, 5.41) is 13.1. The molecule has 0 amide bonds. The van der Waals surface area contributed by atoms with Crippen LogP contribution in [0.5, 0.6) is 0 Å². The van der Waals surface area contributed by atoms with Crippen molar-refractivity contribution in [2.24, 2.45) is 5.92 Å². The van der Waals surface area contributed by atoms with Gasteiger partial charge >= 0.3 is 5.97 Å². The summed E-state index contributed by atoms with van der Waals surface area (Å²) in [6.45, 7) is 2.83. The van der Waals surface area contributed by atoms with E-state index >= 15 is 0 Å². The largest absolute Gasteiger partial charge is 0.475 e. The maximum absolute atomic E-state index is 11.1. The summed E-state index contributed by atoms with van der Waals surface area (Å²) in [6, 6.07) is 1.93. The molecule has 7 nitrogen and oxygen atoms in total. The quantitative estimate of drug-likeness (QED) is 0.931. The lowest BCUT2D eigenvalue weighted by molar-refractivity contribution is 0.0684. The highest BCUT2D eigenvalue weighted by atomic mass is 16.4. The van der Waals surface area contributed by atoms with Gasteiger partial charge in [-0.3, -0.25) is 0 Å². The summed E-state index contributed by atoms with van der Waals surface area (Å²) in [4.78, 5) is 21.5. The third-order valence-electron chi connectivity index (χ3n) is 4.26. The minimum atomic E-state index is -1.14. The molecule has 0 spiro atoms. The van der Waals surface area contributed by atoms with Crippen LogP contribution in [0.25, 0.3) is 5.78 Å². The molecule has 3 rings (SSSR count). The average molecular weight is 303 g/mol. The fourth-order valence-electron chi connectivity index (χ4n) is 3.18. The van der Waals surface area contributed by atoms with Crippen LogP contribution >= 0.6 is 0 Å². The lowest BCUT2D eigenvalue weighted by atomic mass is 9.89. The normalized spacial score (nSPS) is 16.1. The van der Waals surface area contributed by atoms with Crippen molar-refractivity contribution in [1.29, 1.82) is 0 Å². The van der Waals surface area contributed by atoms with Gasteiger partial charge in [0.15, 0.2) is 0 Å². The van der Waals surface area contributed by atoms with Gasteiger partial charge in [0.25, 0.3) is 11.6 Å². The number of aryl methyl sites for hydroxylation is 1. The molecule has 7 heteroatoms. The molecule has 0 aliphatic heterocycles. The Labute approximate surface area is 129 Å². The molecule has 1 fully saturated rings. The summed E-state index contributed by atoms with van der Waals surface area (Å²) in [5.74, 6) is 0.509. The maximum Gasteiger partial charge on any atom is 0.375 e. The van der Waals surface area contributed by atoms with Crippen LogP contribution in [0.4, 0.5) is 5.82 Å². The number of fused-ring (bicyclic) bond motifs is 1. The molecule has 118 valence electrons. The second kappa shape index (κ2) is 5.90. The SMILES string of the molecule is Cc1cc(N(C)CC2CCCCC2)n2nc(C(=O)O)nc2n1. The van der Waals surface area contributed by atoms with Crippen molar-refractivity contribution >= 4 is 17.6 Å². The number of carboxylic acids is 1. The van der Waals surface area contributed by atoms with Crippen LogP contribution in [0.15, 0.2) is 6.07 Å². The summed E-state index contributed by atoms with van der Waals surface area (Å²) >= 11 is 0. The van der Waals surface area contributed by atoms with Gasteiger partial charge in [-0.25, -0.2) is 9.78 Å². The standard InChI is InChI=1S/C15H21N5O2/c1-10-8-12(19(2)9-11-6-4-3-5-7-11)20-15(16-10)17-13(18-20)14(21)22/h8,11H,3-7,9H2,1-2H3,(H,21,22). The minimum absolute atomic E-state index is 0.217. The fraction of sp³-hybridized carbons (Fsp3) is 0.600. The van der Waals surface area contributed by atoms with Gasteiger partial charge < -0.3 is 10.0 Å². The maximum atomic E-state index is 11.1. The third kappa shape index (κ3) is 2.88. The van der Waals surface area contributed by atoms with Gasteiger partial charge in [-0.05, 0) is 25.7 Å². The van der Waals surface area contributed by atoms with Gasteiger partial charge in [0.05, 0.1) is 0 Å². The van der Waals surface area contributed by atoms with Gasteiger partial charge in [0.1, 0.15) is 5.82 Å². The molecule has 0 bridgehead atoms. The number of aromatic carboxylic acids is 1. The molecule has 1 saturated carbocycles. The first-order valence-corrected chi connectivity index (χ1v) is 7.73. The van der Waals surface area contributed by atoms with Crippen LogP contribution in [-0.4, -0.2) is 44.3 Å². The van der Waals surface area contributed by atoms with Crippen molar-refractivity contribution in [3.63, 3.8) is 0 Å². The van der Waals surface area contributed by atoms with E-state index in [4.69, 9.17) is 5.11 Å². The van der Waals surface area contributed by atoms with Crippen LogP contribution < -0.4 is 4.90 Å². The number of carbonyl (C=O) groups is 1. The van der Waals surface area contributed by atoms with Gasteiger partial charge in [-0.2, -0.15) is 9.50 Å². The predicted octanol–water partition coefficient (Wildman–Crippen LogP) is 2.15. The van der Waals surface area contributed by atoms with Crippen molar-refractivity contribution in [3.05, 3.63) is 17.6 Å². The molecule has 1 N–H and O–H groups in total. The zero-order valence-electron chi connectivity index (χ0n) is 13.0. The summed E-state index contributed by atoms with van der Waals surface area (Å²) < 4.78 is 1.53. The molecule has 2 aromatic rings. The van der Waals surface area contributed by atoms with Crippen LogP contribution in [0, 0.1) is 12.8 Å². The highest BCUT2D eigenvalue weighted by Gasteiger charge is 2.20. The van der Waals surface area contributed by atoms with E-state index in [1.54, 1.807) is 0 Å². The number of anilines is 1. The van der Waals surface area contributed by atoms with E-state index in [1.807, 2.05) is 20.0 Å². The molecule has 0 atom stereocenters. The van der Waals surface area contributed by atoms with Crippen molar-refractivity contribution in [2.45, 2.75) is 39.0 Å². The Hall–Kier alpha value is -2.18. The summed E-state index contributed by atoms with van der Waals surface area (Å²) in [5.41, 5.74) is 0.808. The summed E-state index contributed by atoms with van der Waals surface area (Å²) in [6.07, 6.45) is 6.46. The van der Waals surface area contributed by atoms with E-state index in [1.165, 1.54) is 36.6 Å². The smallest absolute Gasteiger partial charge is 0.375 e. The first kappa shape index (κ1) is 14.7. The van der Waals surface area contributed by atoms with Crippen molar-refractivity contribution < 1.29 is 9.90 Å². The Balaban J connectivity index is 1.92. The molecule has 0 radical (unpaired) electrons. The molecule has 2 heterocycles. The first-order chi connectivity index (χ1) is 10.5. The predicted molar refractivity (Wildman–Crippen MR) is 82.3 cm³/mol. The molecular formula is C15H21N5O2. The Morgan fingerprint density at radius 3 is 2.77 bits per heavy atom. The van der Waals surface area contributed by atoms with Gasteiger partial charge in [0, 0.05) is 25.4 Å². The molecule has 0 saturated heterocycles. The van der Waals surface area contributed by atoms with Gasteiger partial charge in [-0.15, -0.1) is 5.10 Å². The van der Waals surface area contributed by atoms with Crippen LogP contribution in [0.1, 0.15) is 48.4 Å². The molecule has 2 aromatic heterocycles. The number of hydrogen-bond acceptors (Lipinski definition) is 5. The number of rotatable bonds is 4. The topological polar surface area (TPSA) is 83.6 Å². The minimum Gasteiger partial charge on any atom is -0.475 e. The van der Waals surface area contributed by atoms with Crippen molar-refractivity contribution in [1.82, 2.24) is 19.6 Å². The van der Waals surface area contributed by atoms with E-state index in [9.17, 15) is 4.79 Å². The molecule has 0 aromatic carbocycles. The third-order valence-corrected chi connectivity index (χ3v) is 4.26. The van der Waals surface area contributed by atoms with E-state index < -0.39 is 5.97 Å². The highest BCUT2D eigenvalue weighted by molar-refractivity contribution is 5.83. The van der Waals surface area contributed by atoms with Crippen LogP contribution in [0.2, 0.25) is 0 Å². The lowest BCUT2D eigenvalue weighted by Crippen LogP contribution is -2.28. The molecule has 0 unspecified atom stereocenters.